The Bertz CT molecular complexity index is 823. The van der Waals surface area contributed by atoms with Crippen LogP contribution < -0.4 is 20.5 Å². The van der Waals surface area contributed by atoms with Crippen molar-refractivity contribution in [2.45, 2.75) is 6.92 Å². The van der Waals surface area contributed by atoms with Gasteiger partial charge in [-0.2, -0.15) is 0 Å². The second kappa shape index (κ2) is 5.05. The zero-order valence-electron chi connectivity index (χ0n) is 11.9. The molecule has 1 aliphatic heterocycles. The van der Waals surface area contributed by atoms with Gasteiger partial charge >= 0.3 is 0 Å². The summed E-state index contributed by atoms with van der Waals surface area (Å²) in [4.78, 5) is 25.2. The fourth-order valence-corrected chi connectivity index (χ4v) is 2.63. The van der Waals surface area contributed by atoms with E-state index in [0.717, 1.165) is 23.5 Å². The summed E-state index contributed by atoms with van der Waals surface area (Å²) >= 11 is 0. The molecule has 21 heavy (non-hydrogen) atoms. The molecule has 0 aliphatic carbocycles. The smallest absolute Gasteiger partial charge is 0.268 e. The number of hydrogen-bond donors (Lipinski definition) is 0. The van der Waals surface area contributed by atoms with Gasteiger partial charge in [0.1, 0.15) is 0 Å². The minimum Gasteiger partial charge on any atom is -0.492 e. The molecule has 0 bridgehead atoms. The average molecular weight is 281 g/mol. The number of allylic oxidation sites excluding steroid dienone is 1. The predicted molar refractivity (Wildman–Crippen MR) is 84.4 cm³/mol. The van der Waals surface area contributed by atoms with Gasteiger partial charge in [-0.05, 0) is 30.7 Å². The number of anilines is 1. The van der Waals surface area contributed by atoms with Crippen LogP contribution in [0.1, 0.15) is 18.1 Å². The van der Waals surface area contributed by atoms with Gasteiger partial charge in [0.25, 0.3) is 5.43 Å². The van der Waals surface area contributed by atoms with Crippen molar-refractivity contribution in [3.05, 3.63) is 67.6 Å². The van der Waals surface area contributed by atoms with Crippen LogP contribution in [0, 0.1) is 0 Å². The maximum atomic E-state index is 11.7. The Labute approximate surface area is 122 Å². The molecular weight excluding hydrogens is 266 g/mol. The highest BCUT2D eigenvalue weighted by atomic mass is 16.5. The van der Waals surface area contributed by atoms with E-state index in [1.807, 2.05) is 43.3 Å². The second-order valence-corrected chi connectivity index (χ2v) is 4.81. The first-order chi connectivity index (χ1) is 10.2. The number of fused-ring (bicyclic) bond motifs is 1. The zero-order valence-corrected chi connectivity index (χ0v) is 11.9. The molecule has 0 spiro atoms. The molecule has 0 aromatic heterocycles. The van der Waals surface area contributed by atoms with Crippen molar-refractivity contribution in [3.8, 4) is 5.75 Å². The van der Waals surface area contributed by atoms with Crippen molar-refractivity contribution in [1.82, 2.24) is 0 Å². The summed E-state index contributed by atoms with van der Waals surface area (Å²) < 4.78 is 4.98. The molecule has 1 heterocycles. The number of benzene rings is 1. The Kier molecular flexibility index (Phi) is 3.22. The summed E-state index contributed by atoms with van der Waals surface area (Å²) in [6.07, 6.45) is 5.67. The van der Waals surface area contributed by atoms with Crippen LogP contribution in [0.25, 0.3) is 12.2 Å². The third-order valence-corrected chi connectivity index (χ3v) is 3.69. The van der Waals surface area contributed by atoms with Crippen molar-refractivity contribution in [3.63, 3.8) is 0 Å². The Balaban J connectivity index is 2.08. The van der Waals surface area contributed by atoms with Gasteiger partial charge in [0.15, 0.2) is 5.75 Å². The minimum absolute atomic E-state index is 0.149. The molecule has 0 unspecified atom stereocenters. The van der Waals surface area contributed by atoms with Crippen molar-refractivity contribution in [2.24, 2.45) is 0 Å². The first-order valence-electron chi connectivity index (χ1n) is 6.81. The molecule has 0 saturated carbocycles. The molecule has 0 saturated heterocycles. The zero-order chi connectivity index (χ0) is 15.0. The van der Waals surface area contributed by atoms with Crippen LogP contribution >= 0.6 is 0 Å². The SMILES string of the molecule is CCN1/C(=C/c2c(OC)c(=O)c2=O)C=Cc2ccccc21. The molecule has 0 fully saturated rings. The van der Waals surface area contributed by atoms with Crippen LogP contribution in [0.4, 0.5) is 5.69 Å². The maximum absolute atomic E-state index is 11.7. The lowest BCUT2D eigenvalue weighted by Crippen LogP contribution is -2.35. The average Bonchev–Trinajstić information content (AvgIpc) is 2.53. The van der Waals surface area contributed by atoms with E-state index in [0.29, 0.717) is 5.56 Å². The number of rotatable bonds is 3. The van der Waals surface area contributed by atoms with E-state index in [9.17, 15) is 9.59 Å². The van der Waals surface area contributed by atoms with E-state index in [2.05, 4.69) is 4.90 Å². The highest BCUT2D eigenvalue weighted by Gasteiger charge is 2.22. The Hall–Kier alpha value is -2.62. The number of methoxy groups -OCH3 is 1. The standard InChI is InChI=1S/C17H15NO3/c1-3-18-12(9-8-11-6-4-5-7-14(11)18)10-13-15(19)16(20)17(13)21-2/h4-10H,3H2,1-2H3/b12-10+. The molecule has 2 aromatic rings. The highest BCUT2D eigenvalue weighted by Crippen LogP contribution is 2.31. The number of para-hydroxylation sites is 1. The van der Waals surface area contributed by atoms with E-state index in [1.165, 1.54) is 7.11 Å². The third kappa shape index (κ3) is 2.00. The summed E-state index contributed by atoms with van der Waals surface area (Å²) in [6, 6.07) is 8.06. The summed E-state index contributed by atoms with van der Waals surface area (Å²) in [5.74, 6) is 0.149. The molecule has 2 aromatic carbocycles. The summed E-state index contributed by atoms with van der Waals surface area (Å²) in [5.41, 5.74) is 2.41. The molecule has 3 rings (SSSR count). The van der Waals surface area contributed by atoms with Gasteiger partial charge in [-0.25, -0.2) is 0 Å². The monoisotopic (exact) mass is 281 g/mol. The van der Waals surface area contributed by atoms with E-state index in [1.54, 1.807) is 6.08 Å². The minimum atomic E-state index is -0.549. The lowest BCUT2D eigenvalue weighted by atomic mass is 10.0. The normalized spacial score (nSPS) is 15.5. The van der Waals surface area contributed by atoms with Crippen LogP contribution in [0.5, 0.6) is 5.75 Å². The first-order valence-corrected chi connectivity index (χ1v) is 6.81. The number of nitrogens with zero attached hydrogens (tertiary/aromatic N) is 1. The number of hydrogen-bond acceptors (Lipinski definition) is 4. The molecule has 4 heteroatoms. The van der Waals surface area contributed by atoms with Gasteiger partial charge < -0.3 is 9.64 Å². The fourth-order valence-electron chi connectivity index (χ4n) is 2.63. The van der Waals surface area contributed by atoms with Crippen LogP contribution in [0.3, 0.4) is 0 Å². The van der Waals surface area contributed by atoms with Crippen molar-refractivity contribution in [2.75, 3.05) is 18.6 Å². The predicted octanol–water partition coefficient (Wildman–Crippen LogP) is 2.19. The quantitative estimate of drug-likeness (QED) is 0.809. The number of likely N-dealkylation sites (N-methyl/N-ethyl adjacent to an activating group) is 1. The van der Waals surface area contributed by atoms with E-state index in [-0.39, 0.29) is 5.75 Å². The number of ether oxygens (including phenoxy) is 1. The second-order valence-electron chi connectivity index (χ2n) is 4.81. The third-order valence-electron chi connectivity index (χ3n) is 3.69. The van der Waals surface area contributed by atoms with Gasteiger partial charge in [0.2, 0.25) is 5.43 Å². The molecule has 0 amide bonds. The van der Waals surface area contributed by atoms with Gasteiger partial charge in [-0.1, -0.05) is 24.3 Å². The van der Waals surface area contributed by atoms with Gasteiger partial charge in [-0.15, -0.1) is 0 Å². The van der Waals surface area contributed by atoms with Crippen LogP contribution in [0.15, 0.2) is 45.6 Å². The van der Waals surface area contributed by atoms with Crippen molar-refractivity contribution >= 4 is 17.8 Å². The van der Waals surface area contributed by atoms with Crippen molar-refractivity contribution in [1.29, 1.82) is 0 Å². The van der Waals surface area contributed by atoms with Gasteiger partial charge in [0.05, 0.1) is 12.7 Å². The lowest BCUT2D eigenvalue weighted by Gasteiger charge is -2.29. The van der Waals surface area contributed by atoms with Crippen LogP contribution in [0.2, 0.25) is 0 Å². The molecule has 106 valence electrons. The first kappa shape index (κ1) is 13.4. The highest BCUT2D eigenvalue weighted by molar-refractivity contribution is 5.80. The van der Waals surface area contributed by atoms with Crippen LogP contribution in [-0.2, 0) is 0 Å². The van der Waals surface area contributed by atoms with Gasteiger partial charge in [0, 0.05) is 17.9 Å². The fraction of sp³-hybridized carbons (Fsp3) is 0.176. The topological polar surface area (TPSA) is 46.6 Å². The molecule has 0 N–H and O–H groups in total. The van der Waals surface area contributed by atoms with Crippen molar-refractivity contribution < 1.29 is 4.74 Å². The Morgan fingerprint density at radius 2 is 1.90 bits per heavy atom. The molecule has 4 nitrogen and oxygen atoms in total. The molecule has 1 aliphatic rings. The lowest BCUT2D eigenvalue weighted by molar-refractivity contribution is 0.404. The van der Waals surface area contributed by atoms with E-state index in [4.69, 9.17) is 4.74 Å². The molecule has 0 radical (unpaired) electrons. The Morgan fingerprint density at radius 3 is 2.62 bits per heavy atom. The maximum Gasteiger partial charge on any atom is 0.268 e. The largest absolute Gasteiger partial charge is 0.492 e. The summed E-state index contributed by atoms with van der Waals surface area (Å²) in [6.45, 7) is 2.81. The molecular formula is C17H15NO3. The molecule has 0 atom stereocenters. The van der Waals surface area contributed by atoms with E-state index < -0.39 is 10.9 Å². The van der Waals surface area contributed by atoms with Gasteiger partial charge in [-0.3, -0.25) is 9.59 Å². The van der Waals surface area contributed by atoms with E-state index >= 15 is 0 Å². The Morgan fingerprint density at radius 1 is 1.14 bits per heavy atom. The summed E-state index contributed by atoms with van der Waals surface area (Å²) in [7, 11) is 1.40. The van der Waals surface area contributed by atoms with Crippen LogP contribution in [-0.4, -0.2) is 13.7 Å². The summed E-state index contributed by atoms with van der Waals surface area (Å²) in [5, 5.41) is 0.